The predicted molar refractivity (Wildman–Crippen MR) is 206 cm³/mol. The lowest BCUT2D eigenvalue weighted by Crippen LogP contribution is -2.43. The van der Waals surface area contributed by atoms with Gasteiger partial charge >= 0.3 is 6.03 Å². The van der Waals surface area contributed by atoms with E-state index < -0.39 is 21.9 Å². The van der Waals surface area contributed by atoms with Crippen LogP contribution in [0.4, 0.5) is 14.9 Å². The summed E-state index contributed by atoms with van der Waals surface area (Å²) in [6, 6.07) is 6.50. The number of rotatable bonds is 20. The molecule has 3 atom stereocenters. The fourth-order valence-electron chi connectivity index (χ4n) is 7.58. The minimum atomic E-state index is -4.00. The number of likely N-dealkylation sites (tertiary alicyclic amines) is 2. The summed E-state index contributed by atoms with van der Waals surface area (Å²) >= 11 is 6.39. The summed E-state index contributed by atoms with van der Waals surface area (Å²) in [7, 11) is -4.00. The van der Waals surface area contributed by atoms with E-state index in [1.54, 1.807) is 12.1 Å². The van der Waals surface area contributed by atoms with Crippen molar-refractivity contribution in [3.63, 3.8) is 0 Å². The summed E-state index contributed by atoms with van der Waals surface area (Å²) in [6.07, 6.45) is 8.63. The average molecular weight is 789 g/mol. The Kier molecular flexibility index (Phi) is 15.9. The van der Waals surface area contributed by atoms with E-state index in [0.29, 0.717) is 88.1 Å². The fourth-order valence-corrected chi connectivity index (χ4v) is 9.07. The number of piperidine rings is 1. The number of ketones is 1. The number of carbonyl (C=O) groups excluding carboxylic acids is 2. The highest BCUT2D eigenvalue weighted by Gasteiger charge is 2.40. The van der Waals surface area contributed by atoms with E-state index in [1.165, 1.54) is 12.1 Å². The summed E-state index contributed by atoms with van der Waals surface area (Å²) in [5, 5.41) is 6.00. The maximum absolute atomic E-state index is 15.6. The van der Waals surface area contributed by atoms with Crippen molar-refractivity contribution >= 4 is 39.1 Å². The van der Waals surface area contributed by atoms with E-state index in [2.05, 4.69) is 30.0 Å². The molecule has 0 radical (unpaired) electrons. The molecule has 2 heterocycles. The SMILES string of the molecule is [C-]#[N+]c1cc(Cl)cc2c1C[C@H](N1CCCCC1)[C@H]2Oc1ccc(S(=O)(=O)N[C@@H]2CCN(CCOCCNC(=O)NCCCCCC(=O)CCC)C2)cc1F. The third kappa shape index (κ3) is 11.8. The molecule has 0 bridgehead atoms. The van der Waals surface area contributed by atoms with Crippen molar-refractivity contribution in [2.75, 3.05) is 59.0 Å². The van der Waals surface area contributed by atoms with Gasteiger partial charge in [0.25, 0.3) is 0 Å². The van der Waals surface area contributed by atoms with Gasteiger partial charge in [-0.15, -0.1) is 0 Å². The number of benzene rings is 2. The standard InChI is InChI=1S/C39H54ClFN6O6S/c1-3-10-30(48)11-6-4-7-15-43-39(49)44-16-21-52-22-20-46-19-14-29(27-46)45-54(50,51)31-12-13-37(34(41)25-31)53-38-33-23-28(40)24-35(42-2)32(33)26-36(38)47-17-8-5-9-18-47/h12-13,23-25,29,36,38,45H,3-11,14-22,26-27H2,1H3,(H2,43,44,49)/t29-,36+,38+/m1/s1. The molecule has 0 unspecified atom stereocenters. The van der Waals surface area contributed by atoms with Crippen LogP contribution in [0.15, 0.2) is 35.2 Å². The van der Waals surface area contributed by atoms with Crippen LogP contribution in [0.5, 0.6) is 5.75 Å². The molecule has 0 spiro atoms. The van der Waals surface area contributed by atoms with Crippen LogP contribution in [-0.2, 0) is 26.0 Å². The number of ether oxygens (including phenoxy) is 2. The van der Waals surface area contributed by atoms with Crippen LogP contribution in [0.25, 0.3) is 4.85 Å². The summed E-state index contributed by atoms with van der Waals surface area (Å²) in [4.78, 5) is 31.5. The van der Waals surface area contributed by atoms with Gasteiger partial charge in [0.05, 0.1) is 30.7 Å². The minimum absolute atomic E-state index is 0.0517. The van der Waals surface area contributed by atoms with Gasteiger partial charge in [-0.3, -0.25) is 14.6 Å². The molecule has 296 valence electrons. The van der Waals surface area contributed by atoms with Gasteiger partial charge in [-0.1, -0.05) is 31.4 Å². The number of nitrogens with one attached hydrogen (secondary N) is 3. The molecular weight excluding hydrogens is 735 g/mol. The third-order valence-corrected chi connectivity index (χ3v) is 12.1. The van der Waals surface area contributed by atoms with Crippen molar-refractivity contribution in [2.24, 2.45) is 0 Å². The lowest BCUT2D eigenvalue weighted by molar-refractivity contribution is -0.119. The zero-order valence-electron chi connectivity index (χ0n) is 31.2. The van der Waals surface area contributed by atoms with Crippen LogP contribution in [-0.4, -0.2) is 101 Å². The molecule has 0 aromatic heterocycles. The van der Waals surface area contributed by atoms with Gasteiger partial charge in [0.2, 0.25) is 10.0 Å². The lowest BCUT2D eigenvalue weighted by Gasteiger charge is -2.36. The van der Waals surface area contributed by atoms with Gasteiger partial charge in [-0.2, -0.15) is 0 Å². The van der Waals surface area contributed by atoms with Crippen LogP contribution in [0.3, 0.4) is 0 Å². The fraction of sp³-hybridized carbons (Fsp3) is 0.615. The van der Waals surface area contributed by atoms with Gasteiger partial charge < -0.3 is 20.1 Å². The quantitative estimate of drug-likeness (QED) is 0.107. The number of Topliss-reactive ketones (excluding diaryl/α,β-unsaturated/α-hetero) is 1. The number of carbonyl (C=O) groups is 2. The number of fused-ring (bicyclic) bond motifs is 1. The summed E-state index contributed by atoms with van der Waals surface area (Å²) in [5.41, 5.74) is 2.11. The van der Waals surface area contributed by atoms with Gasteiger partial charge in [-0.05, 0) is 106 Å². The van der Waals surface area contributed by atoms with Crippen molar-refractivity contribution in [3.05, 3.63) is 63.7 Å². The van der Waals surface area contributed by atoms with E-state index in [0.717, 1.165) is 75.2 Å². The first-order valence-corrected chi connectivity index (χ1v) is 21.2. The molecule has 2 fully saturated rings. The molecule has 54 heavy (non-hydrogen) atoms. The van der Waals surface area contributed by atoms with Crippen molar-refractivity contribution < 1.29 is 31.9 Å². The monoisotopic (exact) mass is 788 g/mol. The topological polar surface area (TPSA) is 134 Å². The van der Waals surface area contributed by atoms with E-state index in [1.807, 2.05) is 6.92 Å². The average Bonchev–Trinajstić information content (AvgIpc) is 3.75. The largest absolute Gasteiger partial charge is 0.481 e. The molecule has 15 heteroatoms. The highest BCUT2D eigenvalue weighted by atomic mass is 35.5. The molecule has 0 saturated carbocycles. The Bertz CT molecular complexity index is 1740. The number of halogens is 2. The number of hydrogen-bond acceptors (Lipinski definition) is 8. The van der Waals surface area contributed by atoms with Crippen molar-refractivity contribution in [2.45, 2.75) is 101 Å². The van der Waals surface area contributed by atoms with E-state index in [-0.39, 0.29) is 28.8 Å². The number of sulfonamides is 1. The number of amides is 2. The molecule has 12 nitrogen and oxygen atoms in total. The van der Waals surface area contributed by atoms with Crippen LogP contribution >= 0.6 is 11.6 Å². The van der Waals surface area contributed by atoms with Crippen LogP contribution in [0.1, 0.15) is 88.4 Å². The maximum Gasteiger partial charge on any atom is 0.314 e. The second-order valence-electron chi connectivity index (χ2n) is 14.4. The maximum atomic E-state index is 15.6. The first-order valence-electron chi connectivity index (χ1n) is 19.3. The molecule has 2 aromatic carbocycles. The number of unbranched alkanes of at least 4 members (excludes halogenated alkanes) is 2. The molecule has 2 aromatic rings. The Morgan fingerprint density at radius 3 is 2.57 bits per heavy atom. The van der Waals surface area contributed by atoms with Crippen LogP contribution in [0.2, 0.25) is 5.02 Å². The molecule has 3 aliphatic rings. The molecule has 2 saturated heterocycles. The second-order valence-corrected chi connectivity index (χ2v) is 16.6. The third-order valence-electron chi connectivity index (χ3n) is 10.4. The Morgan fingerprint density at radius 1 is 1.02 bits per heavy atom. The Morgan fingerprint density at radius 2 is 1.81 bits per heavy atom. The number of urea groups is 1. The molecular formula is C39H54ClFN6O6S. The van der Waals surface area contributed by atoms with Crippen molar-refractivity contribution in [1.29, 1.82) is 0 Å². The summed E-state index contributed by atoms with van der Waals surface area (Å²) < 4.78 is 57.0. The first kappa shape index (κ1) is 41.8. The first-order chi connectivity index (χ1) is 26.1. The normalized spacial score (nSPS) is 20.4. The number of hydrogen-bond donors (Lipinski definition) is 3. The minimum Gasteiger partial charge on any atom is -0.481 e. The van der Waals surface area contributed by atoms with E-state index >= 15 is 4.39 Å². The Hall–Kier alpha value is -3.32. The van der Waals surface area contributed by atoms with Gasteiger partial charge in [-0.25, -0.2) is 27.2 Å². The second kappa shape index (κ2) is 20.6. The summed E-state index contributed by atoms with van der Waals surface area (Å²) in [6.45, 7) is 15.0. The van der Waals surface area contributed by atoms with Gasteiger partial charge in [0.15, 0.2) is 17.3 Å². The van der Waals surface area contributed by atoms with E-state index in [4.69, 9.17) is 27.6 Å². The Balaban J connectivity index is 1.03. The van der Waals surface area contributed by atoms with Crippen molar-refractivity contribution in [1.82, 2.24) is 25.2 Å². The van der Waals surface area contributed by atoms with Gasteiger partial charge in [0.1, 0.15) is 11.9 Å². The zero-order valence-corrected chi connectivity index (χ0v) is 32.8. The molecule has 5 rings (SSSR count). The van der Waals surface area contributed by atoms with Crippen molar-refractivity contribution in [3.8, 4) is 5.75 Å². The lowest BCUT2D eigenvalue weighted by atomic mass is 10.0. The summed E-state index contributed by atoms with van der Waals surface area (Å²) in [5.74, 6) is -0.526. The predicted octanol–water partition coefficient (Wildman–Crippen LogP) is 6.16. The zero-order chi connectivity index (χ0) is 38.5. The molecule has 2 aliphatic heterocycles. The smallest absolute Gasteiger partial charge is 0.314 e. The highest BCUT2D eigenvalue weighted by molar-refractivity contribution is 7.89. The van der Waals surface area contributed by atoms with Crippen LogP contribution in [0, 0.1) is 12.4 Å². The molecule has 1 aliphatic carbocycles. The highest BCUT2D eigenvalue weighted by Crippen LogP contribution is 2.44. The van der Waals surface area contributed by atoms with E-state index in [9.17, 15) is 18.0 Å². The number of nitrogens with zero attached hydrogens (tertiary/aromatic N) is 3. The van der Waals surface area contributed by atoms with Gasteiger partial charge in [0, 0.05) is 50.1 Å². The Labute approximate surface area is 324 Å². The molecule has 3 N–H and O–H groups in total. The molecule has 2 amide bonds. The van der Waals surface area contributed by atoms with Crippen LogP contribution < -0.4 is 20.1 Å².